The van der Waals surface area contributed by atoms with Crippen LogP contribution in [0, 0.1) is 0 Å². The monoisotopic (exact) mass is 296 g/mol. The van der Waals surface area contributed by atoms with Gasteiger partial charge in [-0.25, -0.2) is 0 Å². The third-order valence-corrected chi connectivity index (χ3v) is 4.42. The van der Waals surface area contributed by atoms with E-state index in [1.165, 1.54) is 70.6 Å². The standard InChI is InChI=1S/C18H36N2O/c1-2-3-4-5-6-7-8-9-10-11-14-19-18(21)17-20-15-12-13-16-20/h2-17H2,1H3,(H,19,21). The summed E-state index contributed by atoms with van der Waals surface area (Å²) in [6.45, 7) is 5.95. The van der Waals surface area contributed by atoms with Gasteiger partial charge in [-0.3, -0.25) is 9.69 Å². The molecule has 0 spiro atoms. The fraction of sp³-hybridized carbons (Fsp3) is 0.944. The normalized spacial score (nSPS) is 15.5. The highest BCUT2D eigenvalue weighted by atomic mass is 16.2. The fourth-order valence-corrected chi connectivity index (χ4v) is 3.04. The molecule has 1 saturated heterocycles. The number of carbonyl (C=O) groups excluding carboxylic acids is 1. The lowest BCUT2D eigenvalue weighted by atomic mass is 10.1. The molecule has 3 nitrogen and oxygen atoms in total. The molecule has 0 aromatic heterocycles. The van der Waals surface area contributed by atoms with Crippen molar-refractivity contribution in [3.63, 3.8) is 0 Å². The molecule has 0 saturated carbocycles. The fourth-order valence-electron chi connectivity index (χ4n) is 3.04. The molecule has 1 amide bonds. The summed E-state index contributed by atoms with van der Waals surface area (Å²) in [6, 6.07) is 0. The van der Waals surface area contributed by atoms with Crippen LogP contribution in [0.5, 0.6) is 0 Å². The van der Waals surface area contributed by atoms with Crippen molar-refractivity contribution in [1.29, 1.82) is 0 Å². The van der Waals surface area contributed by atoms with Crippen molar-refractivity contribution in [1.82, 2.24) is 10.2 Å². The van der Waals surface area contributed by atoms with Gasteiger partial charge in [0.15, 0.2) is 0 Å². The molecule has 0 radical (unpaired) electrons. The van der Waals surface area contributed by atoms with Gasteiger partial charge in [0.1, 0.15) is 0 Å². The van der Waals surface area contributed by atoms with Crippen molar-refractivity contribution in [2.45, 2.75) is 84.0 Å². The topological polar surface area (TPSA) is 32.3 Å². The molecule has 3 heteroatoms. The predicted molar refractivity (Wildman–Crippen MR) is 90.5 cm³/mol. The van der Waals surface area contributed by atoms with Crippen molar-refractivity contribution >= 4 is 5.91 Å². The van der Waals surface area contributed by atoms with Crippen molar-refractivity contribution in [3.05, 3.63) is 0 Å². The third-order valence-electron chi connectivity index (χ3n) is 4.42. The summed E-state index contributed by atoms with van der Waals surface area (Å²) in [5.41, 5.74) is 0. The maximum atomic E-state index is 11.7. The highest BCUT2D eigenvalue weighted by Crippen LogP contribution is 2.10. The van der Waals surface area contributed by atoms with E-state index in [1.54, 1.807) is 0 Å². The Balaban J connectivity index is 1.76. The van der Waals surface area contributed by atoms with Crippen LogP contribution in [0.4, 0.5) is 0 Å². The Bertz CT molecular complexity index is 250. The van der Waals surface area contributed by atoms with Crippen molar-refractivity contribution in [3.8, 4) is 0 Å². The molecular formula is C18H36N2O. The second kappa shape index (κ2) is 13.1. The van der Waals surface area contributed by atoms with Crippen molar-refractivity contribution in [2.75, 3.05) is 26.2 Å². The van der Waals surface area contributed by atoms with E-state index < -0.39 is 0 Å². The lowest BCUT2D eigenvalue weighted by molar-refractivity contribution is -0.122. The maximum Gasteiger partial charge on any atom is 0.234 e. The van der Waals surface area contributed by atoms with Crippen LogP contribution in [0.25, 0.3) is 0 Å². The maximum absolute atomic E-state index is 11.7. The lowest BCUT2D eigenvalue weighted by Gasteiger charge is -2.13. The number of hydrogen-bond acceptors (Lipinski definition) is 2. The molecule has 1 aliphatic heterocycles. The smallest absolute Gasteiger partial charge is 0.234 e. The number of nitrogens with one attached hydrogen (secondary N) is 1. The first-order valence-electron chi connectivity index (χ1n) is 9.32. The molecule has 1 heterocycles. The number of amides is 1. The van der Waals surface area contributed by atoms with Crippen LogP contribution in [0.1, 0.15) is 84.0 Å². The van der Waals surface area contributed by atoms with E-state index in [0.717, 1.165) is 26.1 Å². The predicted octanol–water partition coefficient (Wildman–Crippen LogP) is 4.12. The van der Waals surface area contributed by atoms with E-state index in [1.807, 2.05) is 0 Å². The summed E-state index contributed by atoms with van der Waals surface area (Å²) in [5, 5.41) is 3.05. The summed E-state index contributed by atoms with van der Waals surface area (Å²) >= 11 is 0. The van der Waals surface area contributed by atoms with Crippen molar-refractivity contribution in [2.24, 2.45) is 0 Å². The molecule has 0 aromatic rings. The van der Waals surface area contributed by atoms with Crippen LogP contribution < -0.4 is 5.32 Å². The minimum atomic E-state index is 0.216. The largest absolute Gasteiger partial charge is 0.355 e. The zero-order chi connectivity index (χ0) is 15.2. The van der Waals surface area contributed by atoms with Gasteiger partial charge < -0.3 is 5.32 Å². The first-order valence-corrected chi connectivity index (χ1v) is 9.32. The Morgan fingerprint density at radius 2 is 1.38 bits per heavy atom. The summed E-state index contributed by atoms with van der Waals surface area (Å²) in [5.74, 6) is 0.216. The molecule has 1 fully saturated rings. The minimum absolute atomic E-state index is 0.216. The van der Waals surface area contributed by atoms with Gasteiger partial charge in [0.25, 0.3) is 0 Å². The minimum Gasteiger partial charge on any atom is -0.355 e. The highest BCUT2D eigenvalue weighted by Gasteiger charge is 2.14. The number of likely N-dealkylation sites (tertiary alicyclic amines) is 1. The number of unbranched alkanes of at least 4 members (excludes halogenated alkanes) is 9. The summed E-state index contributed by atoms with van der Waals surface area (Å²) in [4.78, 5) is 14.0. The molecule has 0 unspecified atom stereocenters. The molecule has 0 atom stereocenters. The quantitative estimate of drug-likeness (QED) is 0.519. The number of hydrogen-bond donors (Lipinski definition) is 1. The molecule has 1 rings (SSSR count). The first-order chi connectivity index (χ1) is 10.3. The third kappa shape index (κ3) is 10.8. The van der Waals surface area contributed by atoms with Gasteiger partial charge in [-0.2, -0.15) is 0 Å². The second-order valence-corrected chi connectivity index (χ2v) is 6.52. The molecular weight excluding hydrogens is 260 g/mol. The highest BCUT2D eigenvalue weighted by molar-refractivity contribution is 5.77. The van der Waals surface area contributed by atoms with Crippen molar-refractivity contribution < 1.29 is 4.79 Å². The molecule has 124 valence electrons. The van der Waals surface area contributed by atoms with E-state index in [2.05, 4.69) is 17.1 Å². The average molecular weight is 296 g/mol. The van der Waals surface area contributed by atoms with Gasteiger partial charge in [-0.1, -0.05) is 64.7 Å². The average Bonchev–Trinajstić information content (AvgIpc) is 2.97. The van der Waals surface area contributed by atoms with Gasteiger partial charge in [-0.15, -0.1) is 0 Å². The Hall–Kier alpha value is -0.570. The zero-order valence-corrected chi connectivity index (χ0v) is 14.2. The van der Waals surface area contributed by atoms with Crippen LogP contribution in [-0.2, 0) is 4.79 Å². The van der Waals surface area contributed by atoms with E-state index in [9.17, 15) is 4.79 Å². The van der Waals surface area contributed by atoms with E-state index in [-0.39, 0.29) is 5.91 Å². The SMILES string of the molecule is CCCCCCCCCCCCNC(=O)CN1CCCC1. The first kappa shape index (κ1) is 18.5. The Morgan fingerprint density at radius 1 is 0.857 bits per heavy atom. The molecule has 0 aliphatic carbocycles. The van der Waals surface area contributed by atoms with Gasteiger partial charge in [-0.05, 0) is 32.4 Å². The summed E-state index contributed by atoms with van der Waals surface area (Å²) in [6.07, 6.45) is 16.0. The Labute approximate surface area is 131 Å². The molecule has 1 N–H and O–H groups in total. The zero-order valence-electron chi connectivity index (χ0n) is 14.2. The lowest BCUT2D eigenvalue weighted by Crippen LogP contribution is -2.36. The summed E-state index contributed by atoms with van der Waals surface area (Å²) < 4.78 is 0. The Morgan fingerprint density at radius 3 is 1.95 bits per heavy atom. The van der Waals surface area contributed by atoms with Crippen LogP contribution in [-0.4, -0.2) is 37.0 Å². The van der Waals surface area contributed by atoms with Crippen LogP contribution in [0.15, 0.2) is 0 Å². The van der Waals surface area contributed by atoms with Crippen LogP contribution in [0.2, 0.25) is 0 Å². The van der Waals surface area contributed by atoms with Crippen LogP contribution in [0.3, 0.4) is 0 Å². The molecule has 0 bridgehead atoms. The van der Waals surface area contributed by atoms with E-state index in [0.29, 0.717) is 6.54 Å². The molecule has 21 heavy (non-hydrogen) atoms. The van der Waals surface area contributed by atoms with E-state index in [4.69, 9.17) is 0 Å². The number of rotatable bonds is 13. The summed E-state index contributed by atoms with van der Waals surface area (Å²) in [7, 11) is 0. The molecule has 1 aliphatic rings. The molecule has 0 aromatic carbocycles. The Kier molecular flexibility index (Phi) is 11.5. The number of nitrogens with zero attached hydrogens (tertiary/aromatic N) is 1. The number of carbonyl (C=O) groups is 1. The second-order valence-electron chi connectivity index (χ2n) is 6.52. The van der Waals surface area contributed by atoms with Gasteiger partial charge in [0.05, 0.1) is 6.54 Å². The van der Waals surface area contributed by atoms with E-state index >= 15 is 0 Å². The van der Waals surface area contributed by atoms with Crippen LogP contribution >= 0.6 is 0 Å². The van der Waals surface area contributed by atoms with Gasteiger partial charge in [0.2, 0.25) is 5.91 Å². The van der Waals surface area contributed by atoms with Gasteiger partial charge in [0, 0.05) is 6.54 Å². The van der Waals surface area contributed by atoms with Gasteiger partial charge >= 0.3 is 0 Å².